The molecule has 270 valence electrons. The van der Waals surface area contributed by atoms with Crippen molar-refractivity contribution in [3.05, 3.63) is 98.8 Å². The molecule has 1 aliphatic heterocycles. The third-order valence-corrected chi connectivity index (χ3v) is 9.53. The normalized spacial score (nSPS) is 19.2. The Labute approximate surface area is 301 Å². The van der Waals surface area contributed by atoms with Crippen LogP contribution >= 0.6 is 11.3 Å². The number of nitrogens with zero attached hydrogens (tertiary/aromatic N) is 5. The van der Waals surface area contributed by atoms with Gasteiger partial charge in [0.05, 0.1) is 18.6 Å². The number of hydrogen-bond acceptors (Lipinski definition) is 8. The molecule has 4 aromatic rings. The van der Waals surface area contributed by atoms with Crippen molar-refractivity contribution < 1.29 is 23.6 Å². The zero-order valence-electron chi connectivity index (χ0n) is 29.8. The van der Waals surface area contributed by atoms with E-state index in [4.69, 9.17) is 0 Å². The van der Waals surface area contributed by atoms with Gasteiger partial charge in [0.1, 0.15) is 28.9 Å². The van der Waals surface area contributed by atoms with Gasteiger partial charge in [-0.3, -0.25) is 19.2 Å². The Morgan fingerprint density at radius 2 is 1.67 bits per heavy atom. The number of aromatic nitrogens is 4. The van der Waals surface area contributed by atoms with Crippen molar-refractivity contribution in [2.24, 2.45) is 11.8 Å². The van der Waals surface area contributed by atoms with Gasteiger partial charge < -0.3 is 20.9 Å². The molecule has 5 rings (SSSR count). The Morgan fingerprint density at radius 1 is 0.941 bits per heavy atom. The molecule has 3 atom stereocenters. The quantitative estimate of drug-likeness (QED) is 0.262. The molecule has 12 nitrogen and oxygen atoms in total. The summed E-state index contributed by atoms with van der Waals surface area (Å²) in [5, 5.41) is 15.8. The predicted octanol–water partition coefficient (Wildman–Crippen LogP) is 4.70. The van der Waals surface area contributed by atoms with Gasteiger partial charge in [0.25, 0.3) is 11.8 Å². The molecule has 2 aromatic carbocycles. The van der Waals surface area contributed by atoms with Crippen molar-refractivity contribution in [3.63, 3.8) is 0 Å². The maximum atomic E-state index is 14.5. The van der Waals surface area contributed by atoms with Crippen LogP contribution in [0.1, 0.15) is 94.8 Å². The van der Waals surface area contributed by atoms with Crippen molar-refractivity contribution >= 4 is 35.0 Å². The lowest BCUT2D eigenvalue weighted by molar-refractivity contribution is -0.123. The summed E-state index contributed by atoms with van der Waals surface area (Å²) in [6.45, 7) is 10.7. The molecule has 1 aliphatic rings. The number of aryl methyl sites for hydroxylation is 2. The van der Waals surface area contributed by atoms with E-state index in [-0.39, 0.29) is 42.7 Å². The smallest absolute Gasteiger partial charge is 0.271 e. The number of benzene rings is 2. The van der Waals surface area contributed by atoms with Gasteiger partial charge in [0.15, 0.2) is 5.82 Å². The van der Waals surface area contributed by atoms with Gasteiger partial charge in [0, 0.05) is 23.5 Å². The molecule has 0 spiro atoms. The van der Waals surface area contributed by atoms with Crippen molar-refractivity contribution in [1.29, 1.82) is 0 Å². The summed E-state index contributed by atoms with van der Waals surface area (Å²) in [6.07, 6.45) is 0.904. The SMILES string of the molecule is Cc1cc(F)cc(C(=O)N2CC(=O)N[C@@H](CC(C)C)c3nc(cs3)C(=O)N[C@@H](Cc3ccccc3)c3nc(C)nn3CC(=O)N[C@@H](C(C)C)C2)c1. The van der Waals surface area contributed by atoms with Crippen LogP contribution in [0.3, 0.4) is 0 Å². The molecule has 0 saturated heterocycles. The van der Waals surface area contributed by atoms with Crippen LogP contribution in [-0.4, -0.2) is 67.4 Å². The third-order valence-electron chi connectivity index (χ3n) is 8.57. The van der Waals surface area contributed by atoms with E-state index in [2.05, 4.69) is 31.0 Å². The van der Waals surface area contributed by atoms with E-state index in [0.29, 0.717) is 35.1 Å². The van der Waals surface area contributed by atoms with Gasteiger partial charge in [-0.15, -0.1) is 11.3 Å². The summed E-state index contributed by atoms with van der Waals surface area (Å²) >= 11 is 1.26. The van der Waals surface area contributed by atoms with Gasteiger partial charge in [0.2, 0.25) is 11.8 Å². The molecule has 51 heavy (non-hydrogen) atoms. The highest BCUT2D eigenvalue weighted by molar-refractivity contribution is 7.09. The lowest BCUT2D eigenvalue weighted by atomic mass is 10.0. The van der Waals surface area contributed by atoms with Gasteiger partial charge >= 0.3 is 0 Å². The molecule has 4 amide bonds. The minimum absolute atomic E-state index is 0.0165. The first-order valence-electron chi connectivity index (χ1n) is 17.1. The third kappa shape index (κ3) is 9.84. The van der Waals surface area contributed by atoms with Crippen LogP contribution in [0, 0.1) is 31.5 Å². The molecule has 0 radical (unpaired) electrons. The number of rotatable bonds is 6. The number of carbonyl (C=O) groups is 4. The highest BCUT2D eigenvalue weighted by Gasteiger charge is 2.30. The monoisotopic (exact) mass is 716 g/mol. The second-order valence-electron chi connectivity index (χ2n) is 13.8. The molecular weight excluding hydrogens is 672 g/mol. The Morgan fingerprint density at radius 3 is 2.35 bits per heavy atom. The number of thiazole rings is 1. The molecular formula is C37H45FN8O4S. The van der Waals surface area contributed by atoms with E-state index < -0.39 is 47.6 Å². The first kappa shape index (κ1) is 37.3. The van der Waals surface area contributed by atoms with E-state index in [1.54, 1.807) is 25.3 Å². The Balaban J connectivity index is 1.57. The number of halogens is 1. The molecule has 14 heteroatoms. The van der Waals surface area contributed by atoms with Crippen LogP contribution < -0.4 is 16.0 Å². The largest absolute Gasteiger partial charge is 0.350 e. The lowest BCUT2D eigenvalue weighted by Crippen LogP contribution is -2.51. The van der Waals surface area contributed by atoms with E-state index in [1.807, 2.05) is 58.0 Å². The van der Waals surface area contributed by atoms with Crippen LogP contribution in [0.5, 0.6) is 0 Å². The number of carbonyl (C=O) groups excluding carboxylic acids is 4. The van der Waals surface area contributed by atoms with Crippen LogP contribution in [0.25, 0.3) is 0 Å². The molecule has 0 unspecified atom stereocenters. The number of nitrogens with one attached hydrogen (secondary N) is 3. The van der Waals surface area contributed by atoms with E-state index >= 15 is 0 Å². The van der Waals surface area contributed by atoms with Crippen LogP contribution in [0.4, 0.5) is 4.39 Å². The second-order valence-corrected chi connectivity index (χ2v) is 14.7. The molecule has 2 aromatic heterocycles. The zero-order chi connectivity index (χ0) is 36.8. The topological polar surface area (TPSA) is 151 Å². The van der Waals surface area contributed by atoms with Crippen molar-refractivity contribution in [2.45, 2.75) is 79.1 Å². The maximum absolute atomic E-state index is 14.5. The summed E-state index contributed by atoms with van der Waals surface area (Å²) in [4.78, 5) is 65.8. The summed E-state index contributed by atoms with van der Waals surface area (Å²) < 4.78 is 15.9. The Bertz CT molecular complexity index is 1850. The van der Waals surface area contributed by atoms with E-state index in [9.17, 15) is 23.6 Å². The van der Waals surface area contributed by atoms with Crippen LogP contribution in [-0.2, 0) is 22.6 Å². The average molecular weight is 717 g/mol. The Kier molecular flexibility index (Phi) is 12.0. The maximum Gasteiger partial charge on any atom is 0.271 e. The van der Waals surface area contributed by atoms with Gasteiger partial charge in [-0.05, 0) is 67.9 Å². The van der Waals surface area contributed by atoms with E-state index in [0.717, 1.165) is 11.6 Å². The summed E-state index contributed by atoms with van der Waals surface area (Å²) in [5.41, 5.74) is 1.77. The molecule has 2 bridgehead atoms. The average Bonchev–Trinajstić information content (AvgIpc) is 3.69. The first-order chi connectivity index (χ1) is 24.2. The van der Waals surface area contributed by atoms with Crippen LogP contribution in [0.15, 0.2) is 53.9 Å². The first-order valence-corrected chi connectivity index (χ1v) is 18.0. The fourth-order valence-corrected chi connectivity index (χ4v) is 6.97. The summed E-state index contributed by atoms with van der Waals surface area (Å²) in [7, 11) is 0. The fraction of sp³-hybridized carbons (Fsp3) is 0.432. The fourth-order valence-electron chi connectivity index (χ4n) is 6.10. The number of amides is 4. The standard InChI is InChI=1S/C37H45FN8O4S/c1-21(2)12-29-36-43-31(20-51-36)35(49)42-28(15-25-10-8-7-9-11-25)34-39-24(6)44-46(34)19-33(48)41-30(22(3)4)17-45(18-32(47)40-29)37(50)26-13-23(5)14-27(38)16-26/h7-11,13-14,16,20-22,28-30H,12,15,17-19H2,1-6H3,(H,40,47)(H,41,48)(H,42,49)/t28-,29-,30+/m0/s1. The van der Waals surface area contributed by atoms with Crippen molar-refractivity contribution in [3.8, 4) is 0 Å². The summed E-state index contributed by atoms with van der Waals surface area (Å²) in [5.74, 6) is -1.57. The highest BCUT2D eigenvalue weighted by Crippen LogP contribution is 2.26. The predicted molar refractivity (Wildman–Crippen MR) is 191 cm³/mol. The van der Waals surface area contributed by atoms with Crippen molar-refractivity contribution in [1.82, 2.24) is 40.6 Å². The molecule has 3 heterocycles. The highest BCUT2D eigenvalue weighted by atomic mass is 32.1. The minimum atomic E-state index is -0.659. The second kappa shape index (κ2) is 16.4. The van der Waals surface area contributed by atoms with E-state index in [1.165, 1.54) is 27.0 Å². The van der Waals surface area contributed by atoms with Crippen molar-refractivity contribution in [2.75, 3.05) is 13.1 Å². The minimum Gasteiger partial charge on any atom is -0.350 e. The zero-order valence-corrected chi connectivity index (χ0v) is 30.6. The van der Waals surface area contributed by atoms with Gasteiger partial charge in [-0.1, -0.05) is 58.0 Å². The molecule has 0 fully saturated rings. The Hall–Kier alpha value is -4.98. The number of hydrogen-bond donors (Lipinski definition) is 3. The van der Waals surface area contributed by atoms with Gasteiger partial charge in [-0.25, -0.2) is 19.0 Å². The molecule has 0 saturated carbocycles. The molecule has 0 aliphatic carbocycles. The lowest BCUT2D eigenvalue weighted by Gasteiger charge is -2.31. The van der Waals surface area contributed by atoms with Crippen LogP contribution in [0.2, 0.25) is 0 Å². The molecule has 3 N–H and O–H groups in total. The summed E-state index contributed by atoms with van der Waals surface area (Å²) in [6, 6.07) is 11.9. The van der Waals surface area contributed by atoms with Gasteiger partial charge in [-0.2, -0.15) is 5.10 Å². The number of fused-ring (bicyclic) bond motifs is 3.